The van der Waals surface area contributed by atoms with E-state index in [0.717, 1.165) is 11.4 Å². The summed E-state index contributed by atoms with van der Waals surface area (Å²) >= 11 is 0. The summed E-state index contributed by atoms with van der Waals surface area (Å²) < 4.78 is 28.1. The van der Waals surface area contributed by atoms with Crippen molar-refractivity contribution in [2.24, 2.45) is 0 Å². The minimum absolute atomic E-state index is 0. The van der Waals surface area contributed by atoms with Crippen LogP contribution in [-0.2, 0) is 28.3 Å². The molecule has 1 nitrogen and oxygen atoms in total. The third kappa shape index (κ3) is 3.05. The van der Waals surface area contributed by atoms with Gasteiger partial charge in [-0.2, -0.15) is 6.07 Å². The van der Waals surface area contributed by atoms with E-state index in [9.17, 15) is 8.78 Å². The van der Waals surface area contributed by atoms with Crippen molar-refractivity contribution in [2.75, 3.05) is 0 Å². The van der Waals surface area contributed by atoms with Gasteiger partial charge in [0, 0.05) is 51.3 Å². The van der Waals surface area contributed by atoms with Crippen LogP contribution in [0.3, 0.4) is 0 Å². The van der Waals surface area contributed by atoms with Crippen LogP contribution in [0.1, 0.15) is 17.0 Å². The Hall–Kier alpha value is -0.926. The Labute approximate surface area is 114 Å². The van der Waals surface area contributed by atoms with Gasteiger partial charge in [-0.25, -0.2) is 8.78 Å². The Kier molecular flexibility index (Phi) is 4.66. The predicted molar refractivity (Wildman–Crippen MR) is 58.2 cm³/mol. The number of aromatic nitrogens is 1. The fourth-order valence-electron chi connectivity index (χ4n) is 1.71. The van der Waals surface area contributed by atoms with Crippen molar-refractivity contribution in [3.05, 3.63) is 58.9 Å². The van der Waals surface area contributed by atoms with Crippen LogP contribution >= 0.6 is 0 Å². The molecule has 0 saturated heterocycles. The second-order valence-electron chi connectivity index (χ2n) is 3.85. The van der Waals surface area contributed by atoms with Crippen LogP contribution in [0.15, 0.2) is 24.3 Å². The third-order valence-electron chi connectivity index (χ3n) is 2.69. The minimum atomic E-state index is -0.665. The Balaban J connectivity index is 0.00000144. The number of aryl methyl sites for hydroxylation is 2. The van der Waals surface area contributed by atoms with E-state index in [4.69, 9.17) is 0 Å². The molecule has 17 heavy (non-hydrogen) atoms. The first-order chi connectivity index (χ1) is 7.58. The molecule has 0 amide bonds. The second kappa shape index (κ2) is 5.61. The van der Waals surface area contributed by atoms with E-state index in [2.05, 4.69) is 0 Å². The number of rotatable bonds is 2. The molecule has 2 aromatic rings. The fraction of sp³-hybridized carbons (Fsp3) is 0.231. The largest absolute Gasteiger partial charge is 0.356 e. The first-order valence-corrected chi connectivity index (χ1v) is 5.07. The first kappa shape index (κ1) is 14.1. The van der Waals surface area contributed by atoms with E-state index >= 15 is 0 Å². The zero-order chi connectivity index (χ0) is 11.7. The monoisotopic (exact) mass is 268 g/mol. The van der Waals surface area contributed by atoms with Crippen LogP contribution in [0.5, 0.6) is 0 Å². The van der Waals surface area contributed by atoms with Crippen molar-refractivity contribution in [3.63, 3.8) is 0 Å². The van der Waals surface area contributed by atoms with Crippen molar-refractivity contribution in [1.29, 1.82) is 0 Å². The zero-order valence-electron chi connectivity index (χ0n) is 9.72. The molecule has 1 aromatic heterocycles. The van der Waals surface area contributed by atoms with Gasteiger partial charge in [-0.15, -0.1) is 17.7 Å². The molecule has 0 bridgehead atoms. The standard InChI is InChI=1S/C13H12F2N.Ti/c1-9-3-4-10(2)16(9)8-11-5-6-12(14)7-13(11)15;/h3-6H,8H2,1-2H3;/q-1;. The van der Waals surface area contributed by atoms with Crippen LogP contribution in [0.4, 0.5) is 8.78 Å². The van der Waals surface area contributed by atoms with Gasteiger partial charge < -0.3 is 4.57 Å². The number of hydrogen-bond donors (Lipinski definition) is 0. The Morgan fingerprint density at radius 3 is 2.18 bits per heavy atom. The molecular formula is C13H12F2NTi-. The topological polar surface area (TPSA) is 4.93 Å². The van der Waals surface area contributed by atoms with Gasteiger partial charge in [-0.05, 0) is 26.0 Å². The molecule has 0 N–H and O–H groups in total. The number of nitrogens with zero attached hydrogens (tertiary/aromatic N) is 1. The SMILES string of the molecule is Cc1ccc(C)n1Cc1ccc(F)[c-]c1F.[Ti]. The minimum Gasteiger partial charge on any atom is -0.356 e. The predicted octanol–water partition coefficient (Wildman–Crippen LogP) is 3.23. The molecule has 0 spiro atoms. The van der Waals surface area contributed by atoms with E-state index in [0.29, 0.717) is 12.1 Å². The summed E-state index contributed by atoms with van der Waals surface area (Å²) in [6.07, 6.45) is 0. The molecule has 2 rings (SSSR count). The van der Waals surface area contributed by atoms with Gasteiger partial charge in [0.25, 0.3) is 0 Å². The summed E-state index contributed by atoms with van der Waals surface area (Å²) in [7, 11) is 0. The summed E-state index contributed by atoms with van der Waals surface area (Å²) in [5, 5.41) is 0. The normalized spacial score (nSPS) is 10.1. The van der Waals surface area contributed by atoms with Gasteiger partial charge in [-0.1, -0.05) is 0 Å². The summed E-state index contributed by atoms with van der Waals surface area (Å²) in [4.78, 5) is 0. The second-order valence-corrected chi connectivity index (χ2v) is 3.85. The van der Waals surface area contributed by atoms with E-state index in [1.165, 1.54) is 12.1 Å². The molecule has 1 heterocycles. The van der Waals surface area contributed by atoms with Crippen molar-refractivity contribution in [3.8, 4) is 0 Å². The van der Waals surface area contributed by atoms with Crippen molar-refractivity contribution in [2.45, 2.75) is 20.4 Å². The first-order valence-electron chi connectivity index (χ1n) is 5.07. The molecule has 0 radical (unpaired) electrons. The molecule has 0 aliphatic rings. The Bertz CT molecular complexity index is 501. The number of halogens is 2. The molecule has 0 atom stereocenters. The number of benzene rings is 1. The van der Waals surface area contributed by atoms with Gasteiger partial charge in [0.15, 0.2) is 0 Å². The molecule has 4 heteroatoms. The maximum Gasteiger partial charge on any atom is 0.0185 e. The van der Waals surface area contributed by atoms with E-state index in [1.807, 2.05) is 36.6 Å². The molecule has 0 aliphatic carbocycles. The van der Waals surface area contributed by atoms with Crippen molar-refractivity contribution >= 4 is 0 Å². The average Bonchev–Trinajstić information content (AvgIpc) is 2.53. The van der Waals surface area contributed by atoms with Gasteiger partial charge in [0.05, 0.1) is 0 Å². The molecule has 88 valence electrons. The fourth-order valence-corrected chi connectivity index (χ4v) is 1.71. The molecule has 0 aliphatic heterocycles. The van der Waals surface area contributed by atoms with Gasteiger partial charge in [0.1, 0.15) is 0 Å². The van der Waals surface area contributed by atoms with Crippen LogP contribution in [0.25, 0.3) is 0 Å². The van der Waals surface area contributed by atoms with Crippen LogP contribution in [0, 0.1) is 31.5 Å². The average molecular weight is 268 g/mol. The van der Waals surface area contributed by atoms with Gasteiger partial charge >= 0.3 is 0 Å². The summed E-state index contributed by atoms with van der Waals surface area (Å²) in [6.45, 7) is 4.32. The third-order valence-corrected chi connectivity index (χ3v) is 2.69. The maximum atomic E-state index is 13.4. The van der Waals surface area contributed by atoms with Crippen LogP contribution in [0.2, 0.25) is 0 Å². The zero-order valence-corrected chi connectivity index (χ0v) is 11.3. The molecule has 0 unspecified atom stereocenters. The molecule has 0 saturated carbocycles. The van der Waals surface area contributed by atoms with Crippen LogP contribution < -0.4 is 0 Å². The van der Waals surface area contributed by atoms with Crippen LogP contribution in [-0.4, -0.2) is 4.57 Å². The Morgan fingerprint density at radius 1 is 1.06 bits per heavy atom. The Morgan fingerprint density at radius 2 is 1.65 bits per heavy atom. The van der Waals surface area contributed by atoms with Gasteiger partial charge in [0.2, 0.25) is 0 Å². The van der Waals surface area contributed by atoms with E-state index < -0.39 is 11.6 Å². The maximum absolute atomic E-state index is 13.4. The summed E-state index contributed by atoms with van der Waals surface area (Å²) in [6, 6.07) is 8.68. The van der Waals surface area contributed by atoms with Gasteiger partial charge in [-0.3, -0.25) is 0 Å². The molecular weight excluding hydrogens is 256 g/mol. The summed E-state index contributed by atoms with van der Waals surface area (Å²) in [5.41, 5.74) is 2.56. The summed E-state index contributed by atoms with van der Waals surface area (Å²) in [5.74, 6) is -1.28. The molecule has 0 fully saturated rings. The van der Waals surface area contributed by atoms with E-state index in [1.54, 1.807) is 0 Å². The van der Waals surface area contributed by atoms with Crippen molar-refractivity contribution in [1.82, 2.24) is 4.57 Å². The van der Waals surface area contributed by atoms with E-state index in [-0.39, 0.29) is 21.7 Å². The van der Waals surface area contributed by atoms with Crippen molar-refractivity contribution < 1.29 is 30.5 Å². The number of hydrogen-bond acceptors (Lipinski definition) is 0. The quantitative estimate of drug-likeness (QED) is 0.582. The molecule has 1 aromatic carbocycles. The smallest absolute Gasteiger partial charge is 0.0185 e.